The SMILES string of the molecule is CCc1cc(CC)c2ccc(N)nc2n1. The van der Waals surface area contributed by atoms with Crippen LogP contribution in [-0.4, -0.2) is 9.97 Å². The molecule has 15 heavy (non-hydrogen) atoms. The summed E-state index contributed by atoms with van der Waals surface area (Å²) in [6, 6.07) is 5.98. The third-order valence-corrected chi connectivity index (χ3v) is 2.58. The summed E-state index contributed by atoms with van der Waals surface area (Å²) in [4.78, 5) is 8.73. The van der Waals surface area contributed by atoms with Gasteiger partial charge in [-0.2, -0.15) is 0 Å². The highest BCUT2D eigenvalue weighted by Crippen LogP contribution is 2.19. The van der Waals surface area contributed by atoms with E-state index >= 15 is 0 Å². The summed E-state index contributed by atoms with van der Waals surface area (Å²) in [6.07, 6.45) is 1.93. The number of hydrogen-bond acceptors (Lipinski definition) is 3. The van der Waals surface area contributed by atoms with E-state index in [1.807, 2.05) is 12.1 Å². The molecule has 78 valence electrons. The molecule has 2 rings (SSSR count). The van der Waals surface area contributed by atoms with E-state index in [4.69, 9.17) is 5.73 Å². The van der Waals surface area contributed by atoms with Gasteiger partial charge in [-0.05, 0) is 36.6 Å². The van der Waals surface area contributed by atoms with E-state index in [1.165, 1.54) is 5.56 Å². The van der Waals surface area contributed by atoms with Gasteiger partial charge in [0.25, 0.3) is 0 Å². The summed E-state index contributed by atoms with van der Waals surface area (Å²) in [5.74, 6) is 0.533. The molecule has 0 atom stereocenters. The summed E-state index contributed by atoms with van der Waals surface area (Å²) in [7, 11) is 0. The maximum absolute atomic E-state index is 5.66. The van der Waals surface area contributed by atoms with Crippen LogP contribution < -0.4 is 5.73 Å². The number of nitrogens with two attached hydrogens (primary N) is 1. The molecule has 0 spiro atoms. The van der Waals surface area contributed by atoms with Gasteiger partial charge in [0, 0.05) is 11.1 Å². The van der Waals surface area contributed by atoms with Gasteiger partial charge in [0.05, 0.1) is 0 Å². The molecule has 2 N–H and O–H groups in total. The third-order valence-electron chi connectivity index (χ3n) is 2.58. The molecular formula is C12H15N3. The number of hydrogen-bond donors (Lipinski definition) is 1. The highest BCUT2D eigenvalue weighted by molar-refractivity contribution is 5.80. The Morgan fingerprint density at radius 2 is 1.93 bits per heavy atom. The van der Waals surface area contributed by atoms with E-state index in [2.05, 4.69) is 29.9 Å². The Morgan fingerprint density at radius 3 is 2.60 bits per heavy atom. The van der Waals surface area contributed by atoms with Crippen LogP contribution in [-0.2, 0) is 12.8 Å². The third kappa shape index (κ3) is 1.77. The molecule has 0 radical (unpaired) electrons. The van der Waals surface area contributed by atoms with E-state index in [-0.39, 0.29) is 0 Å². The number of nitrogens with zero attached hydrogens (tertiary/aromatic N) is 2. The molecule has 0 aliphatic carbocycles. The largest absolute Gasteiger partial charge is 0.384 e. The van der Waals surface area contributed by atoms with Crippen LogP contribution in [0.5, 0.6) is 0 Å². The smallest absolute Gasteiger partial charge is 0.162 e. The summed E-state index contributed by atoms with van der Waals surface area (Å²) in [6.45, 7) is 4.24. The first kappa shape index (κ1) is 9.90. The molecule has 2 heterocycles. The first-order chi connectivity index (χ1) is 7.24. The van der Waals surface area contributed by atoms with E-state index in [0.29, 0.717) is 5.82 Å². The lowest BCUT2D eigenvalue weighted by atomic mass is 10.1. The Bertz CT molecular complexity index is 491. The van der Waals surface area contributed by atoms with Crippen LogP contribution in [0.4, 0.5) is 5.82 Å². The Kier molecular flexibility index (Phi) is 2.54. The highest BCUT2D eigenvalue weighted by atomic mass is 14.9. The molecule has 0 aromatic carbocycles. The zero-order chi connectivity index (χ0) is 10.8. The quantitative estimate of drug-likeness (QED) is 0.811. The first-order valence-corrected chi connectivity index (χ1v) is 5.29. The number of rotatable bonds is 2. The average Bonchev–Trinajstić information content (AvgIpc) is 2.26. The summed E-state index contributed by atoms with van der Waals surface area (Å²) in [5.41, 5.74) is 8.80. The Morgan fingerprint density at radius 1 is 1.13 bits per heavy atom. The van der Waals surface area contributed by atoms with Crippen molar-refractivity contribution >= 4 is 16.9 Å². The Hall–Kier alpha value is -1.64. The molecule has 3 nitrogen and oxygen atoms in total. The fraction of sp³-hybridized carbons (Fsp3) is 0.333. The average molecular weight is 201 g/mol. The lowest BCUT2D eigenvalue weighted by Crippen LogP contribution is -1.98. The second kappa shape index (κ2) is 3.85. The van der Waals surface area contributed by atoms with Crippen molar-refractivity contribution in [3.05, 3.63) is 29.5 Å². The van der Waals surface area contributed by atoms with Gasteiger partial charge in [-0.1, -0.05) is 13.8 Å². The molecule has 0 saturated heterocycles. The van der Waals surface area contributed by atoms with E-state index in [9.17, 15) is 0 Å². The fourth-order valence-corrected chi connectivity index (χ4v) is 1.72. The van der Waals surface area contributed by atoms with Crippen molar-refractivity contribution in [3.8, 4) is 0 Å². The lowest BCUT2D eigenvalue weighted by molar-refractivity contribution is 1.02. The molecule has 0 unspecified atom stereocenters. The molecule has 0 fully saturated rings. The van der Waals surface area contributed by atoms with Gasteiger partial charge in [-0.15, -0.1) is 0 Å². The van der Waals surface area contributed by atoms with Crippen molar-refractivity contribution in [1.29, 1.82) is 0 Å². The number of nitrogen functional groups attached to an aromatic ring is 1. The maximum atomic E-state index is 5.66. The number of aryl methyl sites for hydroxylation is 2. The van der Waals surface area contributed by atoms with Gasteiger partial charge < -0.3 is 5.73 Å². The van der Waals surface area contributed by atoms with Gasteiger partial charge in [-0.25, -0.2) is 9.97 Å². The van der Waals surface area contributed by atoms with Gasteiger partial charge in [0.1, 0.15) is 5.82 Å². The van der Waals surface area contributed by atoms with Crippen molar-refractivity contribution in [2.75, 3.05) is 5.73 Å². The minimum absolute atomic E-state index is 0.533. The zero-order valence-electron chi connectivity index (χ0n) is 9.12. The monoisotopic (exact) mass is 201 g/mol. The predicted octanol–water partition coefficient (Wildman–Crippen LogP) is 2.34. The molecule has 0 bridgehead atoms. The molecule has 0 saturated carbocycles. The molecule has 2 aromatic heterocycles. The van der Waals surface area contributed by atoms with Crippen molar-refractivity contribution in [1.82, 2.24) is 9.97 Å². The van der Waals surface area contributed by atoms with E-state index < -0.39 is 0 Å². The van der Waals surface area contributed by atoms with Crippen LogP contribution in [0.15, 0.2) is 18.2 Å². The number of anilines is 1. The van der Waals surface area contributed by atoms with Crippen LogP contribution in [0.3, 0.4) is 0 Å². The zero-order valence-corrected chi connectivity index (χ0v) is 9.12. The molecule has 0 aliphatic heterocycles. The van der Waals surface area contributed by atoms with Gasteiger partial charge >= 0.3 is 0 Å². The standard InChI is InChI=1S/C12H15N3/c1-3-8-7-9(4-2)14-12-10(8)5-6-11(13)15-12/h5-7H,3-4H2,1-2H3,(H2,13,14,15). The number of aromatic nitrogens is 2. The van der Waals surface area contributed by atoms with Crippen molar-refractivity contribution in [2.24, 2.45) is 0 Å². The highest BCUT2D eigenvalue weighted by Gasteiger charge is 2.04. The van der Waals surface area contributed by atoms with Crippen molar-refractivity contribution in [2.45, 2.75) is 26.7 Å². The maximum Gasteiger partial charge on any atom is 0.162 e. The minimum atomic E-state index is 0.533. The molecular weight excluding hydrogens is 186 g/mol. The molecule has 0 aliphatic rings. The van der Waals surface area contributed by atoms with Crippen molar-refractivity contribution in [3.63, 3.8) is 0 Å². The van der Waals surface area contributed by atoms with Crippen LogP contribution >= 0.6 is 0 Å². The van der Waals surface area contributed by atoms with Crippen LogP contribution in [0.1, 0.15) is 25.1 Å². The lowest BCUT2D eigenvalue weighted by Gasteiger charge is -2.06. The first-order valence-electron chi connectivity index (χ1n) is 5.29. The number of fused-ring (bicyclic) bond motifs is 1. The topological polar surface area (TPSA) is 51.8 Å². The van der Waals surface area contributed by atoms with E-state index in [0.717, 1.165) is 29.6 Å². The van der Waals surface area contributed by atoms with E-state index in [1.54, 1.807) is 0 Å². The van der Waals surface area contributed by atoms with Crippen LogP contribution in [0, 0.1) is 0 Å². The Labute approximate surface area is 89.4 Å². The van der Waals surface area contributed by atoms with Gasteiger partial charge in [0.15, 0.2) is 5.65 Å². The second-order valence-corrected chi connectivity index (χ2v) is 3.59. The summed E-state index contributed by atoms with van der Waals surface area (Å²) >= 11 is 0. The van der Waals surface area contributed by atoms with Crippen LogP contribution in [0.2, 0.25) is 0 Å². The number of pyridine rings is 2. The van der Waals surface area contributed by atoms with Crippen LogP contribution in [0.25, 0.3) is 11.0 Å². The normalized spacial score (nSPS) is 10.8. The van der Waals surface area contributed by atoms with Gasteiger partial charge in [0.2, 0.25) is 0 Å². The fourth-order valence-electron chi connectivity index (χ4n) is 1.72. The van der Waals surface area contributed by atoms with Gasteiger partial charge in [-0.3, -0.25) is 0 Å². The summed E-state index contributed by atoms with van der Waals surface area (Å²) in [5, 5.41) is 1.11. The molecule has 0 amide bonds. The molecule has 2 aromatic rings. The summed E-state index contributed by atoms with van der Waals surface area (Å²) < 4.78 is 0. The predicted molar refractivity (Wildman–Crippen MR) is 62.7 cm³/mol. The second-order valence-electron chi connectivity index (χ2n) is 3.59. The minimum Gasteiger partial charge on any atom is -0.384 e. The Balaban J connectivity index is 2.74. The molecule has 3 heteroatoms. The van der Waals surface area contributed by atoms with Crippen molar-refractivity contribution < 1.29 is 0 Å².